The number of amides is 1. The molecule has 1 amide bonds. The van der Waals surface area contributed by atoms with E-state index in [1.165, 1.54) is 19.3 Å². The SMILES string of the molecule is O=C(O)CN(CC(=O)O)C(=O)C1C2C3CCC(C3)C12. The standard InChI is InChI=1S/C13H17NO5/c15-8(16)4-14(5-9(17)18)13(19)12-10-6-1-2-7(3-6)11(10)12/h6-7,10-12H,1-5H2,(H,15,16)(H,17,18). The average molecular weight is 267 g/mol. The molecule has 6 nitrogen and oxygen atoms in total. The highest BCUT2D eigenvalue weighted by Crippen LogP contribution is 2.69. The minimum atomic E-state index is -1.16. The zero-order chi connectivity index (χ0) is 13.7. The molecule has 4 atom stereocenters. The fourth-order valence-corrected chi connectivity index (χ4v) is 4.40. The summed E-state index contributed by atoms with van der Waals surface area (Å²) in [5.74, 6) is -0.679. The molecule has 19 heavy (non-hydrogen) atoms. The lowest BCUT2D eigenvalue weighted by molar-refractivity contribution is -0.150. The molecule has 3 rings (SSSR count). The van der Waals surface area contributed by atoms with Crippen LogP contribution in [0.3, 0.4) is 0 Å². The zero-order valence-electron chi connectivity index (χ0n) is 10.5. The molecule has 104 valence electrons. The van der Waals surface area contributed by atoms with Gasteiger partial charge in [-0.1, -0.05) is 0 Å². The third kappa shape index (κ3) is 1.99. The lowest BCUT2D eigenvalue weighted by Gasteiger charge is -2.20. The van der Waals surface area contributed by atoms with Gasteiger partial charge in [0.2, 0.25) is 5.91 Å². The maximum absolute atomic E-state index is 12.3. The van der Waals surface area contributed by atoms with Crippen LogP contribution in [0.15, 0.2) is 0 Å². The first-order valence-electron chi connectivity index (χ1n) is 6.71. The van der Waals surface area contributed by atoms with E-state index in [-0.39, 0.29) is 11.8 Å². The van der Waals surface area contributed by atoms with Crippen LogP contribution in [-0.4, -0.2) is 46.0 Å². The second kappa shape index (κ2) is 4.21. The van der Waals surface area contributed by atoms with Gasteiger partial charge >= 0.3 is 11.9 Å². The molecule has 6 heteroatoms. The molecule has 2 N–H and O–H groups in total. The molecule has 0 radical (unpaired) electrons. The van der Waals surface area contributed by atoms with Crippen LogP contribution in [-0.2, 0) is 14.4 Å². The van der Waals surface area contributed by atoms with Crippen molar-refractivity contribution in [3.8, 4) is 0 Å². The Labute approximate surface area is 110 Å². The highest BCUT2D eigenvalue weighted by atomic mass is 16.4. The van der Waals surface area contributed by atoms with Gasteiger partial charge < -0.3 is 15.1 Å². The first-order valence-corrected chi connectivity index (χ1v) is 6.71. The van der Waals surface area contributed by atoms with Crippen molar-refractivity contribution in [3.05, 3.63) is 0 Å². The van der Waals surface area contributed by atoms with E-state index in [0.29, 0.717) is 23.7 Å². The van der Waals surface area contributed by atoms with Gasteiger partial charge in [0.05, 0.1) is 0 Å². The number of hydrogen-bond acceptors (Lipinski definition) is 3. The predicted molar refractivity (Wildman–Crippen MR) is 63.2 cm³/mol. The lowest BCUT2D eigenvalue weighted by Crippen LogP contribution is -2.41. The largest absolute Gasteiger partial charge is 0.480 e. The van der Waals surface area contributed by atoms with Gasteiger partial charge in [-0.25, -0.2) is 0 Å². The smallest absolute Gasteiger partial charge is 0.323 e. The summed E-state index contributed by atoms with van der Waals surface area (Å²) in [6.45, 7) is -1.03. The van der Waals surface area contributed by atoms with E-state index in [1.807, 2.05) is 0 Å². The maximum atomic E-state index is 12.3. The van der Waals surface area contributed by atoms with Gasteiger partial charge in [0, 0.05) is 5.92 Å². The van der Waals surface area contributed by atoms with Gasteiger partial charge in [0.15, 0.2) is 0 Å². The summed E-state index contributed by atoms with van der Waals surface area (Å²) < 4.78 is 0. The van der Waals surface area contributed by atoms with Gasteiger partial charge in [-0.15, -0.1) is 0 Å². The van der Waals surface area contributed by atoms with Crippen molar-refractivity contribution in [1.29, 1.82) is 0 Å². The highest BCUT2D eigenvalue weighted by Gasteiger charge is 2.68. The van der Waals surface area contributed by atoms with Crippen molar-refractivity contribution in [2.24, 2.45) is 29.6 Å². The Bertz CT molecular complexity index is 416. The molecule has 3 saturated carbocycles. The molecule has 0 aromatic rings. The Balaban J connectivity index is 1.68. The third-order valence-electron chi connectivity index (χ3n) is 4.98. The van der Waals surface area contributed by atoms with E-state index in [2.05, 4.69) is 0 Å². The second-order valence-corrected chi connectivity index (χ2v) is 6.00. The quantitative estimate of drug-likeness (QED) is 0.746. The Kier molecular flexibility index (Phi) is 2.76. The van der Waals surface area contributed by atoms with Crippen LogP contribution < -0.4 is 0 Å². The van der Waals surface area contributed by atoms with E-state index < -0.39 is 25.0 Å². The Hall–Kier alpha value is -1.59. The number of nitrogens with zero attached hydrogens (tertiary/aromatic N) is 1. The van der Waals surface area contributed by atoms with Gasteiger partial charge in [-0.2, -0.15) is 0 Å². The van der Waals surface area contributed by atoms with Crippen molar-refractivity contribution in [2.75, 3.05) is 13.1 Å². The monoisotopic (exact) mass is 267 g/mol. The van der Waals surface area contributed by atoms with Crippen LogP contribution in [0.1, 0.15) is 19.3 Å². The average Bonchev–Trinajstić information content (AvgIpc) is 2.74. The molecule has 0 spiro atoms. The van der Waals surface area contributed by atoms with Crippen molar-refractivity contribution in [1.82, 2.24) is 4.90 Å². The van der Waals surface area contributed by atoms with E-state index in [4.69, 9.17) is 10.2 Å². The Morgan fingerprint density at radius 2 is 1.42 bits per heavy atom. The van der Waals surface area contributed by atoms with E-state index >= 15 is 0 Å². The molecule has 0 saturated heterocycles. The molecular weight excluding hydrogens is 250 g/mol. The number of rotatable bonds is 5. The molecule has 4 unspecified atom stereocenters. The summed E-state index contributed by atoms with van der Waals surface area (Å²) in [5.41, 5.74) is 0. The fraction of sp³-hybridized carbons (Fsp3) is 0.769. The first-order chi connectivity index (χ1) is 8.99. The van der Waals surface area contributed by atoms with Crippen LogP contribution in [0.25, 0.3) is 0 Å². The lowest BCUT2D eigenvalue weighted by atomic mass is 10.0. The second-order valence-electron chi connectivity index (χ2n) is 6.00. The molecule has 0 aromatic heterocycles. The highest BCUT2D eigenvalue weighted by molar-refractivity contribution is 5.88. The van der Waals surface area contributed by atoms with Crippen LogP contribution in [0, 0.1) is 29.6 Å². The molecule has 3 aliphatic carbocycles. The number of carbonyl (C=O) groups excluding carboxylic acids is 1. The number of carbonyl (C=O) groups is 3. The number of carboxylic acid groups (broad SMARTS) is 2. The van der Waals surface area contributed by atoms with Crippen molar-refractivity contribution < 1.29 is 24.6 Å². The van der Waals surface area contributed by atoms with Crippen LogP contribution in [0.5, 0.6) is 0 Å². The van der Waals surface area contributed by atoms with Crippen molar-refractivity contribution >= 4 is 17.8 Å². The Morgan fingerprint density at radius 3 is 1.84 bits per heavy atom. The third-order valence-corrected chi connectivity index (χ3v) is 4.98. The van der Waals surface area contributed by atoms with Gasteiger partial charge in [0.25, 0.3) is 0 Å². The van der Waals surface area contributed by atoms with E-state index in [0.717, 1.165) is 4.90 Å². The topological polar surface area (TPSA) is 94.9 Å². The normalized spacial score (nSPS) is 37.8. The molecule has 3 fully saturated rings. The van der Waals surface area contributed by atoms with Gasteiger partial charge in [-0.05, 0) is 42.9 Å². The molecular formula is C13H17NO5. The maximum Gasteiger partial charge on any atom is 0.323 e. The number of aliphatic carboxylic acids is 2. The summed E-state index contributed by atoms with van der Waals surface area (Å²) in [6.07, 6.45) is 3.55. The first kappa shape index (κ1) is 12.4. The Morgan fingerprint density at radius 1 is 0.947 bits per heavy atom. The van der Waals surface area contributed by atoms with Gasteiger partial charge in [-0.3, -0.25) is 14.4 Å². The molecule has 0 aromatic carbocycles. The molecule has 3 aliphatic rings. The summed E-state index contributed by atoms with van der Waals surface area (Å²) >= 11 is 0. The van der Waals surface area contributed by atoms with Gasteiger partial charge in [0.1, 0.15) is 13.1 Å². The van der Waals surface area contributed by atoms with Crippen molar-refractivity contribution in [3.63, 3.8) is 0 Å². The summed E-state index contributed by atoms with van der Waals surface area (Å²) in [4.78, 5) is 34.8. The van der Waals surface area contributed by atoms with Crippen LogP contribution >= 0.6 is 0 Å². The number of hydrogen-bond donors (Lipinski definition) is 2. The minimum absolute atomic E-state index is 0.107. The predicted octanol–water partition coefficient (Wildman–Crippen LogP) is 0.276. The minimum Gasteiger partial charge on any atom is -0.480 e. The summed E-state index contributed by atoms with van der Waals surface area (Å²) in [5, 5.41) is 17.6. The fourth-order valence-electron chi connectivity index (χ4n) is 4.40. The molecule has 0 aliphatic heterocycles. The summed E-state index contributed by atoms with van der Waals surface area (Å²) in [7, 11) is 0. The van der Waals surface area contributed by atoms with Crippen LogP contribution in [0.4, 0.5) is 0 Å². The summed E-state index contributed by atoms with van der Waals surface area (Å²) in [6, 6.07) is 0. The van der Waals surface area contributed by atoms with Crippen LogP contribution in [0.2, 0.25) is 0 Å². The molecule has 2 bridgehead atoms. The number of carboxylic acids is 2. The number of fused-ring (bicyclic) bond motifs is 5. The van der Waals surface area contributed by atoms with E-state index in [9.17, 15) is 14.4 Å². The van der Waals surface area contributed by atoms with Crippen molar-refractivity contribution in [2.45, 2.75) is 19.3 Å². The molecule has 0 heterocycles. The zero-order valence-corrected chi connectivity index (χ0v) is 10.5. The van der Waals surface area contributed by atoms with E-state index in [1.54, 1.807) is 0 Å².